The molecule has 7 fully saturated rings. The van der Waals surface area contributed by atoms with E-state index in [2.05, 4.69) is 88.0 Å². The number of carbonyl (C=O) groups excluding carboxylic acids is 1. The number of ether oxygens (including phenoxy) is 7. The second kappa shape index (κ2) is 13.5. The molecule has 11 atom stereocenters. The highest BCUT2D eigenvalue weighted by atomic mass is 28.4. The van der Waals surface area contributed by atoms with Crippen molar-refractivity contribution >= 4 is 24.7 Å². The Morgan fingerprint density at radius 1 is 0.820 bits per heavy atom. The van der Waals surface area contributed by atoms with Crippen molar-refractivity contribution < 1.29 is 42.4 Å². The van der Waals surface area contributed by atoms with E-state index in [4.69, 9.17) is 37.6 Å². The first kappa shape index (κ1) is 34.7. The van der Waals surface area contributed by atoms with Gasteiger partial charge in [-0.25, -0.2) is 0 Å². The molecule has 0 aromatic heterocycles. The Morgan fingerprint density at radius 3 is 2.16 bits per heavy atom. The first-order chi connectivity index (χ1) is 24.1. The van der Waals surface area contributed by atoms with Gasteiger partial charge < -0.3 is 37.6 Å². The minimum atomic E-state index is -2.63. The fourth-order valence-corrected chi connectivity index (χ4v) is 14.2. The zero-order chi connectivity index (χ0) is 34.7. The molecule has 7 aliphatic heterocycles. The number of rotatable bonds is 11. The largest absolute Gasteiger partial charge is 0.469 e. The minimum Gasteiger partial charge on any atom is -0.469 e. The highest BCUT2D eigenvalue weighted by molar-refractivity contribution is 6.99. The summed E-state index contributed by atoms with van der Waals surface area (Å²) in [4.78, 5) is 12.0. The SMILES string of the molecule is C=C1C[C@H](CC[C@@]23C[C@H]4O[C@H]5[C@@H](O2)[C@H]2O[C@@H](CC(=O)OC)CC[C@@H]2O[C@H]5[C@H]4O3)O[C@H]1CCO[Si](c1ccccc1)(c1ccccc1)C(C)(C)C. The lowest BCUT2D eigenvalue weighted by Gasteiger charge is -2.47. The summed E-state index contributed by atoms with van der Waals surface area (Å²) < 4.78 is 52.0. The number of hydrogen-bond donors (Lipinski definition) is 0. The zero-order valence-electron chi connectivity index (χ0n) is 29.8. The molecule has 0 radical (unpaired) electrons. The van der Waals surface area contributed by atoms with Crippen LogP contribution >= 0.6 is 0 Å². The fraction of sp³-hybridized carbons (Fsp3) is 0.625. The second-order valence-electron chi connectivity index (χ2n) is 16.1. The van der Waals surface area contributed by atoms with E-state index in [0.717, 1.165) is 37.7 Å². The molecule has 9 rings (SSSR count). The highest BCUT2D eigenvalue weighted by Crippen LogP contribution is 2.54. The lowest BCUT2D eigenvalue weighted by molar-refractivity contribution is -0.293. The summed E-state index contributed by atoms with van der Waals surface area (Å²) >= 11 is 0. The predicted molar refractivity (Wildman–Crippen MR) is 189 cm³/mol. The Bertz CT molecular complexity index is 1490. The summed E-state index contributed by atoms with van der Waals surface area (Å²) in [5.41, 5.74) is 1.12. The van der Waals surface area contributed by atoms with Crippen LogP contribution in [0.15, 0.2) is 72.8 Å². The van der Waals surface area contributed by atoms with Crippen LogP contribution in [-0.4, -0.2) is 94.8 Å². The molecule has 7 aliphatic rings. The van der Waals surface area contributed by atoms with E-state index in [0.29, 0.717) is 19.4 Å². The first-order valence-corrected chi connectivity index (χ1v) is 20.5. The van der Waals surface area contributed by atoms with Crippen molar-refractivity contribution in [3.63, 3.8) is 0 Å². The Hall–Kier alpha value is -2.41. The van der Waals surface area contributed by atoms with Crippen molar-refractivity contribution in [3.05, 3.63) is 72.8 Å². The molecule has 0 N–H and O–H groups in total. The molecule has 270 valence electrons. The highest BCUT2D eigenvalue weighted by Gasteiger charge is 2.68. The summed E-state index contributed by atoms with van der Waals surface area (Å²) in [6.45, 7) is 12.0. The van der Waals surface area contributed by atoms with Gasteiger partial charge in [0.2, 0.25) is 0 Å². The van der Waals surface area contributed by atoms with Crippen LogP contribution in [0, 0.1) is 0 Å². The van der Waals surface area contributed by atoms with Crippen LogP contribution in [0.1, 0.15) is 72.1 Å². The van der Waals surface area contributed by atoms with Crippen LogP contribution in [0.5, 0.6) is 0 Å². The number of methoxy groups -OCH3 is 1. The van der Waals surface area contributed by atoms with Gasteiger partial charge in [-0.2, -0.15) is 0 Å². The average Bonchev–Trinajstić information content (AvgIpc) is 3.69. The lowest BCUT2D eigenvalue weighted by Crippen LogP contribution is -2.66. The van der Waals surface area contributed by atoms with Crippen LogP contribution in [0.25, 0.3) is 0 Å². The van der Waals surface area contributed by atoms with E-state index in [1.54, 1.807) is 0 Å². The summed E-state index contributed by atoms with van der Waals surface area (Å²) in [5, 5.41) is 2.48. The summed E-state index contributed by atoms with van der Waals surface area (Å²) in [6, 6.07) is 21.5. The molecule has 0 saturated carbocycles. The van der Waals surface area contributed by atoms with E-state index in [1.165, 1.54) is 17.5 Å². The van der Waals surface area contributed by atoms with Gasteiger partial charge >= 0.3 is 5.97 Å². The van der Waals surface area contributed by atoms with Gasteiger partial charge in [-0.3, -0.25) is 4.79 Å². The lowest BCUT2D eigenvalue weighted by atomic mass is 9.87. The summed E-state index contributed by atoms with van der Waals surface area (Å²) in [5.74, 6) is -1.05. The van der Waals surface area contributed by atoms with Gasteiger partial charge in [0.25, 0.3) is 8.32 Å². The maximum absolute atomic E-state index is 12.0. The molecule has 6 bridgehead atoms. The Morgan fingerprint density at radius 2 is 1.48 bits per heavy atom. The number of fused-ring (bicyclic) bond motifs is 1. The van der Waals surface area contributed by atoms with Gasteiger partial charge in [-0.1, -0.05) is 88.0 Å². The third-order valence-corrected chi connectivity index (χ3v) is 17.0. The Balaban J connectivity index is 0.917. The van der Waals surface area contributed by atoms with Gasteiger partial charge in [0.15, 0.2) is 5.79 Å². The van der Waals surface area contributed by atoms with Gasteiger partial charge in [-0.15, -0.1) is 0 Å². The van der Waals surface area contributed by atoms with Crippen LogP contribution in [-0.2, 0) is 42.4 Å². The third kappa shape index (κ3) is 6.13. The van der Waals surface area contributed by atoms with E-state index in [-0.39, 0.29) is 78.5 Å². The van der Waals surface area contributed by atoms with E-state index < -0.39 is 14.1 Å². The Kier molecular flexibility index (Phi) is 9.38. The van der Waals surface area contributed by atoms with Crippen LogP contribution in [0.3, 0.4) is 0 Å². The standard InChI is InChI=1S/C40H52O9Si/c1-25-22-27(44-30(25)19-21-43-50(39(2,3)4,28-12-8-6-9-13-28)29-14-10-7-11-15-29)18-20-40-24-32-35(48-40)36-37(47-32)38(49-40)34-31(46-36)17-16-26(45-34)23-33(41)42-5/h6-15,26-27,30-32,34-38H,1,16-24H2,2-5H3/t26-,27+,30+,31+,32-,34+,35+,36+,37-,38+,40+/m1/s1. The maximum Gasteiger partial charge on any atom is 0.308 e. The smallest absolute Gasteiger partial charge is 0.308 e. The normalized spacial score (nSPS) is 37.5. The van der Waals surface area contributed by atoms with Crippen molar-refractivity contribution in [2.24, 2.45) is 0 Å². The van der Waals surface area contributed by atoms with Crippen LogP contribution in [0.2, 0.25) is 5.04 Å². The number of carbonyl (C=O) groups is 1. The maximum atomic E-state index is 12.0. The predicted octanol–water partition coefficient (Wildman–Crippen LogP) is 4.98. The summed E-state index contributed by atoms with van der Waals surface area (Å²) in [7, 11) is -1.22. The quantitative estimate of drug-likeness (QED) is 0.183. The molecule has 0 spiro atoms. The third-order valence-electron chi connectivity index (χ3n) is 11.9. The van der Waals surface area contributed by atoms with Gasteiger partial charge in [0, 0.05) is 19.4 Å². The monoisotopic (exact) mass is 704 g/mol. The molecule has 50 heavy (non-hydrogen) atoms. The number of benzene rings is 2. The molecule has 10 heteroatoms. The van der Waals surface area contributed by atoms with Gasteiger partial charge in [-0.05, 0) is 53.1 Å². The molecule has 0 amide bonds. The molecule has 7 heterocycles. The van der Waals surface area contributed by atoms with Crippen molar-refractivity contribution in [1.29, 1.82) is 0 Å². The molecule has 0 aliphatic carbocycles. The van der Waals surface area contributed by atoms with Crippen molar-refractivity contribution in [2.45, 2.75) is 144 Å². The minimum absolute atomic E-state index is 0.0268. The van der Waals surface area contributed by atoms with Crippen molar-refractivity contribution in [1.82, 2.24) is 0 Å². The molecule has 9 nitrogen and oxygen atoms in total. The van der Waals surface area contributed by atoms with Crippen LogP contribution in [0.4, 0.5) is 0 Å². The van der Waals surface area contributed by atoms with Crippen molar-refractivity contribution in [3.8, 4) is 0 Å². The second-order valence-corrected chi connectivity index (χ2v) is 20.4. The van der Waals surface area contributed by atoms with E-state index in [9.17, 15) is 4.79 Å². The molecule has 7 saturated heterocycles. The summed E-state index contributed by atoms with van der Waals surface area (Å²) in [6.07, 6.45) is 3.85. The topological polar surface area (TPSA) is 90.9 Å². The molecule has 0 unspecified atom stereocenters. The van der Waals surface area contributed by atoms with Crippen LogP contribution < -0.4 is 10.4 Å². The first-order valence-electron chi connectivity index (χ1n) is 18.6. The van der Waals surface area contributed by atoms with Gasteiger partial charge in [0.1, 0.15) is 30.5 Å². The zero-order valence-corrected chi connectivity index (χ0v) is 30.8. The molecular weight excluding hydrogens is 653 g/mol. The number of esters is 1. The van der Waals surface area contributed by atoms with Crippen molar-refractivity contribution in [2.75, 3.05) is 13.7 Å². The molecular formula is C40H52O9Si. The Labute approximate surface area is 297 Å². The average molecular weight is 705 g/mol. The van der Waals surface area contributed by atoms with Gasteiger partial charge in [0.05, 0.1) is 44.1 Å². The molecule has 2 aromatic carbocycles. The molecule has 2 aromatic rings. The van der Waals surface area contributed by atoms with E-state index in [1.807, 2.05) is 0 Å². The number of hydrogen-bond acceptors (Lipinski definition) is 9. The fourth-order valence-electron chi connectivity index (χ4n) is 9.60. The van der Waals surface area contributed by atoms with E-state index >= 15 is 0 Å².